The molecule has 0 N–H and O–H groups in total. The maximum Gasteiger partial charge on any atom is 0.254 e. The molecule has 1 atom stereocenters. The number of aromatic nitrogens is 1. The van der Waals surface area contributed by atoms with Gasteiger partial charge in [-0.25, -0.2) is 0 Å². The van der Waals surface area contributed by atoms with Crippen molar-refractivity contribution in [1.29, 1.82) is 0 Å². The summed E-state index contributed by atoms with van der Waals surface area (Å²) < 4.78 is 2.21. The highest BCUT2D eigenvalue weighted by Crippen LogP contribution is 2.18. The van der Waals surface area contributed by atoms with Gasteiger partial charge in [0.15, 0.2) is 0 Å². The Morgan fingerprint density at radius 3 is 2.41 bits per heavy atom. The van der Waals surface area contributed by atoms with Crippen LogP contribution in [0.2, 0.25) is 5.02 Å². The molecule has 27 heavy (non-hydrogen) atoms. The Labute approximate surface area is 166 Å². The van der Waals surface area contributed by atoms with E-state index in [0.717, 1.165) is 18.7 Å². The summed E-state index contributed by atoms with van der Waals surface area (Å²) in [5, 5.41) is 0.637. The number of nitrogens with zero attached hydrogens (tertiary/aromatic N) is 2. The number of carbonyl (C=O) groups excluding carboxylic acids is 1. The average Bonchev–Trinajstić information content (AvgIpc) is 3.13. The van der Waals surface area contributed by atoms with Crippen molar-refractivity contribution < 1.29 is 4.79 Å². The van der Waals surface area contributed by atoms with Gasteiger partial charge in [0, 0.05) is 35.1 Å². The number of hydrogen-bond donors (Lipinski definition) is 0. The molecule has 0 aliphatic heterocycles. The zero-order valence-corrected chi connectivity index (χ0v) is 16.6. The predicted molar refractivity (Wildman–Crippen MR) is 111 cm³/mol. The van der Waals surface area contributed by atoms with E-state index in [2.05, 4.69) is 42.8 Å². The van der Waals surface area contributed by atoms with Crippen molar-refractivity contribution in [2.24, 2.45) is 0 Å². The van der Waals surface area contributed by atoms with Gasteiger partial charge in [0.2, 0.25) is 0 Å². The van der Waals surface area contributed by atoms with Gasteiger partial charge in [-0.15, -0.1) is 0 Å². The summed E-state index contributed by atoms with van der Waals surface area (Å²) >= 11 is 5.97. The first-order valence-corrected chi connectivity index (χ1v) is 9.70. The molecule has 1 heterocycles. The van der Waals surface area contributed by atoms with Crippen LogP contribution in [0.5, 0.6) is 0 Å². The summed E-state index contributed by atoms with van der Waals surface area (Å²) in [7, 11) is 0. The molecule has 4 heteroatoms. The van der Waals surface area contributed by atoms with Crippen molar-refractivity contribution in [3.63, 3.8) is 0 Å². The second-order valence-electron chi connectivity index (χ2n) is 6.81. The maximum atomic E-state index is 13.1. The molecule has 1 unspecified atom stereocenters. The molecule has 2 aromatic carbocycles. The first-order chi connectivity index (χ1) is 13.1. The fourth-order valence-corrected chi connectivity index (χ4v) is 3.23. The van der Waals surface area contributed by atoms with E-state index < -0.39 is 0 Å². The fraction of sp³-hybridized carbons (Fsp3) is 0.261. The standard InChI is InChI=1S/C23H25ClN2O/c1-3-18(2)26(23(27)20-11-13-21(24)14-12-20)17-22-10-7-15-25(22)16-19-8-5-4-6-9-19/h4-15,18H,3,16-17H2,1-2H3. The summed E-state index contributed by atoms with van der Waals surface area (Å²) in [5.74, 6) is 0.0356. The Morgan fingerprint density at radius 2 is 1.74 bits per heavy atom. The van der Waals surface area contributed by atoms with Gasteiger partial charge in [-0.2, -0.15) is 0 Å². The monoisotopic (exact) mass is 380 g/mol. The van der Waals surface area contributed by atoms with E-state index in [1.165, 1.54) is 5.56 Å². The molecule has 3 rings (SSSR count). The topological polar surface area (TPSA) is 25.2 Å². The molecule has 0 saturated heterocycles. The largest absolute Gasteiger partial charge is 0.345 e. The first kappa shape index (κ1) is 19.2. The van der Waals surface area contributed by atoms with E-state index in [1.807, 2.05) is 29.2 Å². The summed E-state index contributed by atoms with van der Waals surface area (Å²) in [6.07, 6.45) is 2.97. The van der Waals surface area contributed by atoms with Gasteiger partial charge in [0.1, 0.15) is 0 Å². The third-order valence-corrected chi connectivity index (χ3v) is 5.18. The first-order valence-electron chi connectivity index (χ1n) is 9.33. The molecular formula is C23H25ClN2O. The molecule has 0 bridgehead atoms. The third-order valence-electron chi connectivity index (χ3n) is 4.93. The Morgan fingerprint density at radius 1 is 1.04 bits per heavy atom. The lowest BCUT2D eigenvalue weighted by molar-refractivity contribution is 0.0667. The molecule has 1 amide bonds. The smallest absolute Gasteiger partial charge is 0.254 e. The van der Waals surface area contributed by atoms with Crippen LogP contribution in [0.15, 0.2) is 72.9 Å². The number of hydrogen-bond acceptors (Lipinski definition) is 1. The second-order valence-corrected chi connectivity index (χ2v) is 7.25. The van der Waals surface area contributed by atoms with Crippen LogP contribution in [-0.4, -0.2) is 21.4 Å². The van der Waals surface area contributed by atoms with E-state index in [1.54, 1.807) is 24.3 Å². The van der Waals surface area contributed by atoms with Crippen molar-refractivity contribution in [3.05, 3.63) is 94.8 Å². The van der Waals surface area contributed by atoms with Crippen LogP contribution in [0.3, 0.4) is 0 Å². The highest BCUT2D eigenvalue weighted by Gasteiger charge is 2.22. The van der Waals surface area contributed by atoms with Crippen molar-refractivity contribution in [3.8, 4) is 0 Å². The molecule has 0 radical (unpaired) electrons. The van der Waals surface area contributed by atoms with Crippen molar-refractivity contribution in [2.45, 2.75) is 39.4 Å². The minimum absolute atomic E-state index is 0.0356. The third kappa shape index (κ3) is 4.81. The molecule has 0 spiro atoms. The minimum atomic E-state index is 0.0356. The number of amides is 1. The summed E-state index contributed by atoms with van der Waals surface area (Å²) in [4.78, 5) is 15.1. The van der Waals surface area contributed by atoms with E-state index >= 15 is 0 Å². The molecule has 0 saturated carbocycles. The van der Waals surface area contributed by atoms with Crippen LogP contribution in [0.25, 0.3) is 0 Å². The van der Waals surface area contributed by atoms with Crippen LogP contribution < -0.4 is 0 Å². The summed E-state index contributed by atoms with van der Waals surface area (Å²) in [5.41, 5.74) is 3.04. The fourth-order valence-electron chi connectivity index (χ4n) is 3.11. The highest BCUT2D eigenvalue weighted by molar-refractivity contribution is 6.30. The van der Waals surface area contributed by atoms with Crippen molar-refractivity contribution >= 4 is 17.5 Å². The Kier molecular flexibility index (Phi) is 6.36. The van der Waals surface area contributed by atoms with Gasteiger partial charge in [-0.1, -0.05) is 48.9 Å². The molecule has 3 aromatic rings. The predicted octanol–water partition coefficient (Wildman–Crippen LogP) is 5.63. The van der Waals surface area contributed by atoms with Crippen LogP contribution in [0, 0.1) is 0 Å². The minimum Gasteiger partial charge on any atom is -0.345 e. The number of carbonyl (C=O) groups is 1. The van der Waals surface area contributed by atoms with E-state index in [4.69, 9.17) is 11.6 Å². The van der Waals surface area contributed by atoms with Crippen LogP contribution in [0.1, 0.15) is 41.9 Å². The van der Waals surface area contributed by atoms with Gasteiger partial charge >= 0.3 is 0 Å². The van der Waals surface area contributed by atoms with Gasteiger partial charge in [-0.3, -0.25) is 4.79 Å². The average molecular weight is 381 g/mol. The van der Waals surface area contributed by atoms with Crippen LogP contribution in [-0.2, 0) is 13.1 Å². The van der Waals surface area contributed by atoms with E-state index in [-0.39, 0.29) is 11.9 Å². The molecule has 3 nitrogen and oxygen atoms in total. The Balaban J connectivity index is 1.82. The van der Waals surface area contributed by atoms with Crippen LogP contribution in [0.4, 0.5) is 0 Å². The molecule has 140 valence electrons. The number of rotatable bonds is 7. The quantitative estimate of drug-likeness (QED) is 0.521. The molecular weight excluding hydrogens is 356 g/mol. The lowest BCUT2D eigenvalue weighted by atomic mass is 10.1. The number of halogens is 1. The summed E-state index contributed by atoms with van der Waals surface area (Å²) in [6, 6.07) is 21.8. The lowest BCUT2D eigenvalue weighted by Crippen LogP contribution is -2.38. The molecule has 0 fully saturated rings. The van der Waals surface area contributed by atoms with E-state index in [0.29, 0.717) is 17.1 Å². The zero-order chi connectivity index (χ0) is 19.2. The van der Waals surface area contributed by atoms with Gasteiger partial charge in [0.25, 0.3) is 5.91 Å². The van der Waals surface area contributed by atoms with E-state index in [9.17, 15) is 4.79 Å². The second kappa shape index (κ2) is 8.92. The van der Waals surface area contributed by atoms with Crippen molar-refractivity contribution in [2.75, 3.05) is 0 Å². The van der Waals surface area contributed by atoms with Crippen molar-refractivity contribution in [1.82, 2.24) is 9.47 Å². The maximum absolute atomic E-state index is 13.1. The Hall–Kier alpha value is -2.52. The van der Waals surface area contributed by atoms with Crippen LogP contribution >= 0.6 is 11.6 Å². The molecule has 1 aromatic heterocycles. The zero-order valence-electron chi connectivity index (χ0n) is 15.8. The molecule has 0 aliphatic rings. The Bertz CT molecular complexity index is 871. The van der Waals surface area contributed by atoms with Gasteiger partial charge < -0.3 is 9.47 Å². The summed E-state index contributed by atoms with van der Waals surface area (Å²) in [6.45, 7) is 5.58. The number of benzene rings is 2. The van der Waals surface area contributed by atoms with Gasteiger partial charge in [-0.05, 0) is 55.3 Å². The molecule has 0 aliphatic carbocycles. The lowest BCUT2D eigenvalue weighted by Gasteiger charge is -2.29. The highest BCUT2D eigenvalue weighted by atomic mass is 35.5. The SMILES string of the molecule is CCC(C)N(Cc1cccn1Cc1ccccc1)C(=O)c1ccc(Cl)cc1. The normalized spacial score (nSPS) is 12.0. The van der Waals surface area contributed by atoms with Gasteiger partial charge in [0.05, 0.1) is 6.54 Å².